The van der Waals surface area contributed by atoms with Gasteiger partial charge in [-0.15, -0.1) is 0 Å². The molecule has 0 N–H and O–H groups in total. The molecule has 0 atom stereocenters. The fourth-order valence-corrected chi connectivity index (χ4v) is 2.73. The molecule has 2 aromatic heterocycles. The fourth-order valence-electron chi connectivity index (χ4n) is 2.73. The van der Waals surface area contributed by atoms with Crippen LogP contribution in [0.1, 0.15) is 13.8 Å². The van der Waals surface area contributed by atoms with Crippen LogP contribution >= 0.6 is 0 Å². The molecular formula is C19H24N4O2. The number of aryl methyl sites for hydroxylation is 1. The Bertz CT molecular complexity index is 818. The Balaban J connectivity index is 2.00. The molecule has 0 spiro atoms. The van der Waals surface area contributed by atoms with Crippen LogP contribution in [0, 0.1) is 0 Å². The van der Waals surface area contributed by atoms with E-state index in [2.05, 4.69) is 14.5 Å². The second-order valence-corrected chi connectivity index (χ2v) is 6.14. The zero-order valence-corrected chi connectivity index (χ0v) is 15.1. The number of benzene rings is 1. The highest BCUT2D eigenvalue weighted by molar-refractivity contribution is 5.75. The van der Waals surface area contributed by atoms with Crippen LogP contribution in [0.4, 0.5) is 0 Å². The summed E-state index contributed by atoms with van der Waals surface area (Å²) in [6.07, 6.45) is 5.80. The summed E-state index contributed by atoms with van der Waals surface area (Å²) < 4.78 is 15.1. The Morgan fingerprint density at radius 3 is 2.48 bits per heavy atom. The van der Waals surface area contributed by atoms with Crippen molar-refractivity contribution in [2.24, 2.45) is 7.05 Å². The Labute approximate surface area is 148 Å². The third-order valence-corrected chi connectivity index (χ3v) is 4.02. The van der Waals surface area contributed by atoms with Crippen LogP contribution in [0.25, 0.3) is 22.8 Å². The molecule has 6 nitrogen and oxygen atoms in total. The average Bonchev–Trinajstić information content (AvgIpc) is 3.20. The van der Waals surface area contributed by atoms with E-state index >= 15 is 0 Å². The minimum absolute atomic E-state index is 0.209. The van der Waals surface area contributed by atoms with Gasteiger partial charge >= 0.3 is 0 Å². The van der Waals surface area contributed by atoms with Gasteiger partial charge in [-0.2, -0.15) is 0 Å². The van der Waals surface area contributed by atoms with Gasteiger partial charge in [-0.3, -0.25) is 0 Å². The van der Waals surface area contributed by atoms with Crippen LogP contribution in [-0.2, 0) is 18.3 Å². The van der Waals surface area contributed by atoms with Crippen molar-refractivity contribution in [2.75, 3.05) is 13.7 Å². The molecule has 2 heterocycles. The number of hydrogen-bond acceptors (Lipinski definition) is 4. The van der Waals surface area contributed by atoms with Gasteiger partial charge in [0.05, 0.1) is 31.8 Å². The van der Waals surface area contributed by atoms with Crippen molar-refractivity contribution in [1.29, 1.82) is 0 Å². The van der Waals surface area contributed by atoms with Crippen molar-refractivity contribution in [3.63, 3.8) is 0 Å². The Morgan fingerprint density at radius 1 is 1.12 bits per heavy atom. The maximum Gasteiger partial charge on any atom is 0.158 e. The van der Waals surface area contributed by atoms with Gasteiger partial charge in [-0.25, -0.2) is 9.97 Å². The number of nitrogens with zero attached hydrogens (tertiary/aromatic N) is 4. The quantitative estimate of drug-likeness (QED) is 0.661. The van der Waals surface area contributed by atoms with Crippen LogP contribution in [0.2, 0.25) is 0 Å². The third-order valence-electron chi connectivity index (χ3n) is 4.02. The molecule has 0 aliphatic rings. The lowest BCUT2D eigenvalue weighted by Crippen LogP contribution is -2.11. The number of aromatic nitrogens is 4. The van der Waals surface area contributed by atoms with Gasteiger partial charge < -0.3 is 18.6 Å². The summed E-state index contributed by atoms with van der Waals surface area (Å²) in [6.45, 7) is 5.43. The third kappa shape index (κ3) is 3.74. The molecule has 25 heavy (non-hydrogen) atoms. The van der Waals surface area contributed by atoms with E-state index in [9.17, 15) is 0 Å². The molecule has 0 aliphatic heterocycles. The van der Waals surface area contributed by atoms with E-state index in [1.807, 2.05) is 62.3 Å². The van der Waals surface area contributed by atoms with Crippen molar-refractivity contribution in [3.8, 4) is 28.5 Å². The van der Waals surface area contributed by atoms with Gasteiger partial charge in [-0.05, 0) is 38.1 Å². The first-order valence-corrected chi connectivity index (χ1v) is 8.39. The van der Waals surface area contributed by atoms with Crippen molar-refractivity contribution < 1.29 is 9.47 Å². The smallest absolute Gasteiger partial charge is 0.158 e. The van der Waals surface area contributed by atoms with Crippen molar-refractivity contribution in [3.05, 3.63) is 43.0 Å². The molecule has 0 fully saturated rings. The topological polar surface area (TPSA) is 54.1 Å². The van der Waals surface area contributed by atoms with Crippen LogP contribution in [0.3, 0.4) is 0 Å². The van der Waals surface area contributed by atoms with Crippen LogP contribution in [-0.4, -0.2) is 38.9 Å². The fraction of sp³-hybridized carbons (Fsp3) is 0.368. The van der Waals surface area contributed by atoms with E-state index in [0.717, 1.165) is 35.1 Å². The van der Waals surface area contributed by atoms with Crippen molar-refractivity contribution in [1.82, 2.24) is 19.1 Å². The molecule has 6 heteroatoms. The van der Waals surface area contributed by atoms with Crippen LogP contribution < -0.4 is 4.74 Å². The molecule has 0 bridgehead atoms. The van der Waals surface area contributed by atoms with Crippen molar-refractivity contribution >= 4 is 0 Å². The maximum absolute atomic E-state index is 5.70. The number of ether oxygens (including phenoxy) is 2. The van der Waals surface area contributed by atoms with Gasteiger partial charge in [-0.1, -0.05) is 0 Å². The second kappa shape index (κ2) is 7.53. The molecule has 0 saturated heterocycles. The molecule has 132 valence electrons. The predicted octanol–water partition coefficient (Wildman–Crippen LogP) is 3.38. The maximum atomic E-state index is 5.70. The first-order valence-electron chi connectivity index (χ1n) is 8.39. The largest absolute Gasteiger partial charge is 0.497 e. The Morgan fingerprint density at radius 2 is 1.88 bits per heavy atom. The summed E-state index contributed by atoms with van der Waals surface area (Å²) in [5, 5.41) is 0. The monoisotopic (exact) mass is 340 g/mol. The van der Waals surface area contributed by atoms with Gasteiger partial charge in [0, 0.05) is 31.5 Å². The second-order valence-electron chi connectivity index (χ2n) is 6.14. The minimum atomic E-state index is 0.209. The molecule has 3 rings (SSSR count). The summed E-state index contributed by atoms with van der Waals surface area (Å²) >= 11 is 0. The molecule has 0 radical (unpaired) electrons. The summed E-state index contributed by atoms with van der Waals surface area (Å²) in [7, 11) is 3.65. The molecule has 0 unspecified atom stereocenters. The number of imidazole rings is 2. The highest BCUT2D eigenvalue weighted by Crippen LogP contribution is 2.31. The van der Waals surface area contributed by atoms with E-state index in [-0.39, 0.29) is 6.10 Å². The first kappa shape index (κ1) is 17.2. The highest BCUT2D eigenvalue weighted by atomic mass is 16.5. The van der Waals surface area contributed by atoms with Gasteiger partial charge in [0.2, 0.25) is 0 Å². The number of hydrogen-bond donors (Lipinski definition) is 0. The Hall–Kier alpha value is -2.60. The molecule has 3 aromatic rings. The Kier molecular flexibility index (Phi) is 5.19. The number of rotatable bonds is 7. The van der Waals surface area contributed by atoms with Gasteiger partial charge in [0.25, 0.3) is 0 Å². The summed E-state index contributed by atoms with van der Waals surface area (Å²) in [4.78, 5) is 9.17. The lowest BCUT2D eigenvalue weighted by molar-refractivity contribution is 0.0729. The zero-order valence-electron chi connectivity index (χ0n) is 15.1. The molecule has 1 aromatic carbocycles. The lowest BCUT2D eigenvalue weighted by atomic mass is 10.1. The van der Waals surface area contributed by atoms with E-state index < -0.39 is 0 Å². The molecular weight excluding hydrogens is 316 g/mol. The van der Waals surface area contributed by atoms with E-state index in [0.29, 0.717) is 6.61 Å². The average molecular weight is 340 g/mol. The summed E-state index contributed by atoms with van der Waals surface area (Å²) in [6, 6.07) is 7.92. The van der Waals surface area contributed by atoms with Gasteiger partial charge in [0.15, 0.2) is 5.82 Å². The predicted molar refractivity (Wildman–Crippen MR) is 97.5 cm³/mol. The first-order chi connectivity index (χ1) is 12.1. The minimum Gasteiger partial charge on any atom is -0.497 e. The summed E-state index contributed by atoms with van der Waals surface area (Å²) in [5.74, 6) is 1.71. The van der Waals surface area contributed by atoms with Crippen molar-refractivity contribution in [2.45, 2.75) is 26.5 Å². The molecule has 0 amide bonds. The van der Waals surface area contributed by atoms with Crippen LogP contribution in [0.15, 0.2) is 43.0 Å². The standard InChI is InChI=1S/C19H24N4O2/c1-14(2)25-12-11-23-13-21-17(15-5-7-16(24-4)8-6-15)18(23)19-20-9-10-22(19)3/h5-10,13-14H,11-12H2,1-4H3. The summed E-state index contributed by atoms with van der Waals surface area (Å²) in [5.41, 5.74) is 2.92. The van der Waals surface area contributed by atoms with Crippen LogP contribution in [0.5, 0.6) is 5.75 Å². The van der Waals surface area contributed by atoms with E-state index in [4.69, 9.17) is 9.47 Å². The number of methoxy groups -OCH3 is 1. The lowest BCUT2D eigenvalue weighted by Gasteiger charge is -2.12. The SMILES string of the molecule is COc1ccc(-c2ncn(CCOC(C)C)c2-c2nccn2C)cc1. The van der Waals surface area contributed by atoms with Gasteiger partial charge in [0.1, 0.15) is 11.4 Å². The normalized spacial score (nSPS) is 11.2. The zero-order chi connectivity index (χ0) is 17.8. The van der Waals surface area contributed by atoms with E-state index in [1.54, 1.807) is 13.3 Å². The molecule has 0 aliphatic carbocycles. The molecule has 0 saturated carbocycles. The highest BCUT2D eigenvalue weighted by Gasteiger charge is 2.18. The van der Waals surface area contributed by atoms with E-state index in [1.165, 1.54) is 0 Å².